The first-order valence-electron chi connectivity index (χ1n) is 5.88. The Hall–Kier alpha value is -1.62. The predicted octanol–water partition coefficient (Wildman–Crippen LogP) is 1.95. The van der Waals surface area contributed by atoms with Crippen LogP contribution in [0.3, 0.4) is 0 Å². The van der Waals surface area contributed by atoms with Crippen molar-refractivity contribution in [2.75, 3.05) is 13.6 Å². The van der Waals surface area contributed by atoms with Gasteiger partial charge in [0.25, 0.3) is 0 Å². The van der Waals surface area contributed by atoms with Gasteiger partial charge in [-0.05, 0) is 6.42 Å². The first kappa shape index (κ1) is 11.5. The van der Waals surface area contributed by atoms with E-state index in [1.165, 1.54) is 11.8 Å². The number of benzene rings is 1. The average molecular weight is 259 g/mol. The summed E-state index contributed by atoms with van der Waals surface area (Å²) in [7, 11) is 1.84. The Kier molecular flexibility index (Phi) is 2.91. The van der Waals surface area contributed by atoms with Crippen molar-refractivity contribution in [2.24, 2.45) is 0 Å². The molecule has 1 aliphatic rings. The molecule has 0 spiro atoms. The lowest BCUT2D eigenvalue weighted by Gasteiger charge is -2.10. The lowest BCUT2D eigenvalue weighted by Crippen LogP contribution is -2.23. The summed E-state index contributed by atoms with van der Waals surface area (Å²) in [5.41, 5.74) is 0. The SMILES string of the molecule is CN1CC[C@@H](Sc2nncc3ccccc23)C1=O. The van der Waals surface area contributed by atoms with Crippen LogP contribution >= 0.6 is 11.8 Å². The zero-order valence-electron chi connectivity index (χ0n) is 10.0. The Morgan fingerprint density at radius 3 is 3.00 bits per heavy atom. The fraction of sp³-hybridized carbons (Fsp3) is 0.308. The van der Waals surface area contributed by atoms with Crippen LogP contribution in [0.25, 0.3) is 10.8 Å². The molecule has 0 bridgehead atoms. The molecule has 1 fully saturated rings. The minimum absolute atomic E-state index is 0.0184. The second kappa shape index (κ2) is 4.57. The highest BCUT2D eigenvalue weighted by atomic mass is 32.2. The predicted molar refractivity (Wildman–Crippen MR) is 71.4 cm³/mol. The number of rotatable bonds is 2. The third-order valence-corrected chi connectivity index (χ3v) is 4.42. The Labute approximate surface area is 109 Å². The molecule has 0 aliphatic carbocycles. The highest BCUT2D eigenvalue weighted by molar-refractivity contribution is 8.00. The van der Waals surface area contributed by atoms with Crippen LogP contribution in [0.15, 0.2) is 35.5 Å². The van der Waals surface area contributed by atoms with Gasteiger partial charge in [0.1, 0.15) is 5.03 Å². The van der Waals surface area contributed by atoms with E-state index in [1.54, 1.807) is 11.1 Å². The Morgan fingerprint density at radius 1 is 1.39 bits per heavy atom. The molecular formula is C13H13N3OS. The van der Waals surface area contributed by atoms with E-state index in [0.717, 1.165) is 28.8 Å². The lowest BCUT2D eigenvalue weighted by molar-refractivity contribution is -0.126. The molecule has 1 aromatic heterocycles. The van der Waals surface area contributed by atoms with Crippen molar-refractivity contribution in [1.82, 2.24) is 15.1 Å². The normalized spacial score (nSPS) is 19.7. The second-order valence-electron chi connectivity index (χ2n) is 4.39. The van der Waals surface area contributed by atoms with Crippen LogP contribution in [0.5, 0.6) is 0 Å². The lowest BCUT2D eigenvalue weighted by atomic mass is 10.2. The van der Waals surface area contributed by atoms with Crippen molar-refractivity contribution in [3.05, 3.63) is 30.5 Å². The molecule has 5 heteroatoms. The van der Waals surface area contributed by atoms with Gasteiger partial charge in [-0.2, -0.15) is 5.10 Å². The van der Waals surface area contributed by atoms with Crippen LogP contribution in [0.4, 0.5) is 0 Å². The van der Waals surface area contributed by atoms with Gasteiger partial charge in [-0.3, -0.25) is 4.79 Å². The zero-order valence-corrected chi connectivity index (χ0v) is 10.9. The number of carbonyl (C=O) groups is 1. The van der Waals surface area contributed by atoms with E-state index in [9.17, 15) is 4.79 Å². The standard InChI is InChI=1S/C13H13N3OS/c1-16-7-6-11(13(16)17)18-12-10-5-3-2-4-9(10)8-14-15-12/h2-5,8,11H,6-7H2,1H3/t11-/m1/s1. The first-order chi connectivity index (χ1) is 8.75. The molecule has 4 nitrogen and oxygen atoms in total. The van der Waals surface area contributed by atoms with Crippen molar-refractivity contribution >= 4 is 28.4 Å². The fourth-order valence-electron chi connectivity index (χ4n) is 2.12. The fourth-order valence-corrected chi connectivity index (χ4v) is 3.30. The van der Waals surface area contributed by atoms with Crippen LogP contribution < -0.4 is 0 Å². The third kappa shape index (κ3) is 1.95. The molecule has 0 saturated carbocycles. The number of nitrogens with zero attached hydrogens (tertiary/aromatic N) is 3. The van der Waals surface area contributed by atoms with Gasteiger partial charge in [-0.25, -0.2) is 0 Å². The van der Waals surface area contributed by atoms with E-state index in [0.29, 0.717) is 0 Å². The maximum absolute atomic E-state index is 11.9. The maximum Gasteiger partial charge on any atom is 0.235 e. The summed E-state index contributed by atoms with van der Waals surface area (Å²) in [4.78, 5) is 13.7. The van der Waals surface area contributed by atoms with Gasteiger partial charge in [0.05, 0.1) is 11.4 Å². The highest BCUT2D eigenvalue weighted by Crippen LogP contribution is 2.32. The maximum atomic E-state index is 11.9. The number of carbonyl (C=O) groups excluding carboxylic acids is 1. The van der Waals surface area contributed by atoms with E-state index in [2.05, 4.69) is 10.2 Å². The number of likely N-dealkylation sites (tertiary alicyclic amines) is 1. The molecule has 1 aliphatic heterocycles. The van der Waals surface area contributed by atoms with Crippen molar-refractivity contribution in [3.63, 3.8) is 0 Å². The second-order valence-corrected chi connectivity index (χ2v) is 5.58. The van der Waals surface area contributed by atoms with Crippen LogP contribution in [0.1, 0.15) is 6.42 Å². The number of thioether (sulfide) groups is 1. The minimum Gasteiger partial charge on any atom is -0.345 e. The van der Waals surface area contributed by atoms with E-state index in [4.69, 9.17) is 0 Å². The van der Waals surface area contributed by atoms with Crippen LogP contribution in [0.2, 0.25) is 0 Å². The van der Waals surface area contributed by atoms with Crippen molar-refractivity contribution in [1.29, 1.82) is 0 Å². The van der Waals surface area contributed by atoms with Gasteiger partial charge < -0.3 is 4.90 Å². The quantitative estimate of drug-likeness (QED) is 0.827. The number of fused-ring (bicyclic) bond motifs is 1. The molecule has 0 unspecified atom stereocenters. The molecule has 1 saturated heterocycles. The third-order valence-electron chi connectivity index (χ3n) is 3.17. The Morgan fingerprint density at radius 2 is 2.22 bits per heavy atom. The van der Waals surface area contributed by atoms with Gasteiger partial charge in [0.15, 0.2) is 0 Å². The molecule has 0 radical (unpaired) electrons. The number of hydrogen-bond acceptors (Lipinski definition) is 4. The smallest absolute Gasteiger partial charge is 0.235 e. The summed E-state index contributed by atoms with van der Waals surface area (Å²) >= 11 is 1.53. The minimum atomic E-state index is -0.0184. The summed E-state index contributed by atoms with van der Waals surface area (Å²) < 4.78 is 0. The van der Waals surface area contributed by atoms with E-state index < -0.39 is 0 Å². The van der Waals surface area contributed by atoms with Crippen LogP contribution in [0, 0.1) is 0 Å². The van der Waals surface area contributed by atoms with Crippen LogP contribution in [-0.4, -0.2) is 39.8 Å². The Bertz CT molecular complexity index is 596. The molecule has 1 aromatic carbocycles. The summed E-state index contributed by atoms with van der Waals surface area (Å²) in [6, 6.07) is 8.00. The molecule has 3 rings (SSSR count). The largest absolute Gasteiger partial charge is 0.345 e. The number of amides is 1. The summed E-state index contributed by atoms with van der Waals surface area (Å²) in [6.45, 7) is 0.828. The molecule has 1 amide bonds. The Balaban J connectivity index is 1.93. The van der Waals surface area contributed by atoms with Gasteiger partial charge in [0.2, 0.25) is 5.91 Å². The average Bonchev–Trinajstić information content (AvgIpc) is 2.71. The zero-order chi connectivity index (χ0) is 12.5. The van der Waals surface area contributed by atoms with Gasteiger partial charge >= 0.3 is 0 Å². The topological polar surface area (TPSA) is 46.1 Å². The van der Waals surface area contributed by atoms with Crippen molar-refractivity contribution in [2.45, 2.75) is 16.7 Å². The molecular weight excluding hydrogens is 246 g/mol. The molecule has 0 N–H and O–H groups in total. The first-order valence-corrected chi connectivity index (χ1v) is 6.76. The number of aromatic nitrogens is 2. The summed E-state index contributed by atoms with van der Waals surface area (Å²) in [6.07, 6.45) is 2.63. The monoisotopic (exact) mass is 259 g/mol. The molecule has 2 heterocycles. The summed E-state index contributed by atoms with van der Waals surface area (Å²) in [5.74, 6) is 0.190. The molecule has 1 atom stereocenters. The van der Waals surface area contributed by atoms with Crippen molar-refractivity contribution in [3.8, 4) is 0 Å². The highest BCUT2D eigenvalue weighted by Gasteiger charge is 2.30. The van der Waals surface area contributed by atoms with Crippen molar-refractivity contribution < 1.29 is 4.79 Å². The van der Waals surface area contributed by atoms with Gasteiger partial charge in [-0.15, -0.1) is 5.10 Å². The number of hydrogen-bond donors (Lipinski definition) is 0. The van der Waals surface area contributed by atoms with E-state index >= 15 is 0 Å². The van der Waals surface area contributed by atoms with E-state index in [-0.39, 0.29) is 11.2 Å². The molecule has 92 valence electrons. The summed E-state index contributed by atoms with van der Waals surface area (Å²) in [5, 5.41) is 11.1. The van der Waals surface area contributed by atoms with Crippen LogP contribution in [-0.2, 0) is 4.79 Å². The van der Waals surface area contributed by atoms with E-state index in [1.807, 2.05) is 31.3 Å². The van der Waals surface area contributed by atoms with Gasteiger partial charge in [0, 0.05) is 24.4 Å². The molecule has 2 aromatic rings. The molecule has 18 heavy (non-hydrogen) atoms. The van der Waals surface area contributed by atoms with Gasteiger partial charge in [-0.1, -0.05) is 36.0 Å².